The van der Waals surface area contributed by atoms with Crippen molar-refractivity contribution in [3.63, 3.8) is 0 Å². The zero-order chi connectivity index (χ0) is 12.5. The molecule has 0 atom stereocenters. The van der Waals surface area contributed by atoms with Gasteiger partial charge in [-0.15, -0.1) is 11.3 Å². The van der Waals surface area contributed by atoms with Gasteiger partial charge in [0.2, 0.25) is 0 Å². The number of nitrogens with zero attached hydrogens (tertiary/aromatic N) is 2. The fourth-order valence-corrected chi connectivity index (χ4v) is 3.41. The summed E-state index contributed by atoms with van der Waals surface area (Å²) < 4.78 is 0. The van der Waals surface area contributed by atoms with E-state index in [0.717, 1.165) is 10.6 Å². The lowest BCUT2D eigenvalue weighted by atomic mass is 10.0. The standard InChI is InChI=1S/C12H12N2O2S2/c15-5-8-3-14(4-8)12(16)10-7-18-11(13-10)9-1-2-17-6-9/h1-2,6-8,15H,3-5H2. The fraction of sp³-hybridized carbons (Fsp3) is 0.333. The summed E-state index contributed by atoms with van der Waals surface area (Å²) in [4.78, 5) is 18.2. The van der Waals surface area contributed by atoms with Crippen LogP contribution in [0.4, 0.5) is 0 Å². The second kappa shape index (κ2) is 4.79. The molecule has 0 spiro atoms. The molecule has 94 valence electrons. The molecule has 3 heterocycles. The highest BCUT2D eigenvalue weighted by atomic mass is 32.1. The van der Waals surface area contributed by atoms with Crippen molar-refractivity contribution in [1.29, 1.82) is 0 Å². The van der Waals surface area contributed by atoms with Gasteiger partial charge in [0.1, 0.15) is 10.7 Å². The Balaban J connectivity index is 1.72. The van der Waals surface area contributed by atoms with Crippen molar-refractivity contribution < 1.29 is 9.90 Å². The van der Waals surface area contributed by atoms with Gasteiger partial charge >= 0.3 is 0 Å². The molecule has 2 aromatic heterocycles. The van der Waals surface area contributed by atoms with E-state index < -0.39 is 0 Å². The number of carbonyl (C=O) groups excluding carboxylic acids is 1. The van der Waals surface area contributed by atoms with Crippen LogP contribution >= 0.6 is 22.7 Å². The Morgan fingerprint density at radius 1 is 1.50 bits per heavy atom. The molecule has 1 aliphatic heterocycles. The minimum absolute atomic E-state index is 0.0302. The number of aromatic nitrogens is 1. The smallest absolute Gasteiger partial charge is 0.273 e. The molecule has 3 rings (SSSR count). The van der Waals surface area contributed by atoms with E-state index in [-0.39, 0.29) is 18.4 Å². The van der Waals surface area contributed by atoms with E-state index in [2.05, 4.69) is 4.98 Å². The third-order valence-electron chi connectivity index (χ3n) is 2.99. The lowest BCUT2D eigenvalue weighted by Gasteiger charge is -2.37. The molecule has 0 radical (unpaired) electrons. The summed E-state index contributed by atoms with van der Waals surface area (Å²) in [6, 6.07) is 2.00. The number of aliphatic hydroxyl groups is 1. The highest BCUT2D eigenvalue weighted by molar-refractivity contribution is 7.14. The van der Waals surface area contributed by atoms with Crippen LogP contribution < -0.4 is 0 Å². The molecule has 0 saturated carbocycles. The van der Waals surface area contributed by atoms with Crippen LogP contribution in [0.3, 0.4) is 0 Å². The minimum Gasteiger partial charge on any atom is -0.396 e. The zero-order valence-electron chi connectivity index (χ0n) is 9.57. The largest absolute Gasteiger partial charge is 0.396 e. The molecule has 1 aliphatic rings. The number of carbonyl (C=O) groups is 1. The summed E-state index contributed by atoms with van der Waals surface area (Å²) in [5.41, 5.74) is 1.58. The van der Waals surface area contributed by atoms with Gasteiger partial charge in [-0.2, -0.15) is 11.3 Å². The molecule has 18 heavy (non-hydrogen) atoms. The first kappa shape index (κ1) is 11.8. The lowest BCUT2D eigenvalue weighted by molar-refractivity contribution is 0.0357. The highest BCUT2D eigenvalue weighted by Crippen LogP contribution is 2.27. The normalized spacial score (nSPS) is 15.7. The number of amides is 1. The second-order valence-corrected chi connectivity index (χ2v) is 5.95. The Kier molecular flexibility index (Phi) is 3.15. The van der Waals surface area contributed by atoms with E-state index in [1.807, 2.05) is 22.2 Å². The summed E-state index contributed by atoms with van der Waals surface area (Å²) in [5.74, 6) is 0.210. The van der Waals surface area contributed by atoms with Crippen LogP contribution in [0.5, 0.6) is 0 Å². The van der Waals surface area contributed by atoms with Gasteiger partial charge in [0.05, 0.1) is 0 Å². The number of likely N-dealkylation sites (tertiary alicyclic amines) is 1. The van der Waals surface area contributed by atoms with Gasteiger partial charge in [0.15, 0.2) is 0 Å². The summed E-state index contributed by atoms with van der Waals surface area (Å²) in [7, 11) is 0. The molecular formula is C12H12N2O2S2. The number of thiazole rings is 1. The van der Waals surface area contributed by atoms with Crippen LogP contribution in [-0.4, -0.2) is 40.6 Å². The van der Waals surface area contributed by atoms with Crippen LogP contribution in [0.25, 0.3) is 10.6 Å². The molecule has 0 unspecified atom stereocenters. The van der Waals surface area contributed by atoms with Gasteiger partial charge in [-0.25, -0.2) is 4.98 Å². The van der Waals surface area contributed by atoms with Crippen LogP contribution in [-0.2, 0) is 0 Å². The van der Waals surface area contributed by atoms with E-state index in [1.54, 1.807) is 16.2 Å². The van der Waals surface area contributed by atoms with Crippen LogP contribution in [0.1, 0.15) is 10.5 Å². The summed E-state index contributed by atoms with van der Waals surface area (Å²) >= 11 is 3.11. The Hall–Kier alpha value is -1.24. The highest BCUT2D eigenvalue weighted by Gasteiger charge is 2.31. The monoisotopic (exact) mass is 280 g/mol. The van der Waals surface area contributed by atoms with Crippen molar-refractivity contribution in [1.82, 2.24) is 9.88 Å². The second-order valence-electron chi connectivity index (χ2n) is 4.31. The molecule has 0 aromatic carbocycles. The number of aliphatic hydroxyl groups excluding tert-OH is 1. The Morgan fingerprint density at radius 2 is 2.33 bits per heavy atom. The molecular weight excluding hydrogens is 268 g/mol. The molecule has 4 nitrogen and oxygen atoms in total. The van der Waals surface area contributed by atoms with Crippen molar-refractivity contribution >= 4 is 28.6 Å². The van der Waals surface area contributed by atoms with Gasteiger partial charge in [-0.1, -0.05) is 0 Å². The first-order valence-corrected chi connectivity index (χ1v) is 7.48. The van der Waals surface area contributed by atoms with E-state index >= 15 is 0 Å². The maximum atomic E-state index is 12.1. The van der Waals surface area contributed by atoms with Crippen molar-refractivity contribution in [2.24, 2.45) is 5.92 Å². The number of rotatable bonds is 3. The van der Waals surface area contributed by atoms with Crippen molar-refractivity contribution in [3.05, 3.63) is 27.9 Å². The molecule has 1 amide bonds. The average Bonchev–Trinajstić information content (AvgIpc) is 2.98. The molecule has 1 fully saturated rings. The Morgan fingerprint density at radius 3 is 3.00 bits per heavy atom. The summed E-state index contributed by atoms with van der Waals surface area (Å²) in [5, 5.41) is 15.7. The Bertz CT molecular complexity index is 544. The lowest BCUT2D eigenvalue weighted by Crippen LogP contribution is -2.51. The predicted molar refractivity (Wildman–Crippen MR) is 71.9 cm³/mol. The first-order chi connectivity index (χ1) is 8.78. The van der Waals surface area contributed by atoms with Gasteiger partial charge in [0.25, 0.3) is 5.91 Å². The van der Waals surface area contributed by atoms with E-state index in [9.17, 15) is 4.79 Å². The van der Waals surface area contributed by atoms with Crippen molar-refractivity contribution in [3.8, 4) is 10.6 Å². The SMILES string of the molecule is O=C(c1csc(-c2ccsc2)n1)N1CC(CO)C1. The summed E-state index contributed by atoms with van der Waals surface area (Å²) in [6.45, 7) is 1.43. The fourth-order valence-electron chi connectivity index (χ4n) is 1.90. The minimum atomic E-state index is -0.0302. The molecule has 1 saturated heterocycles. The number of thiophene rings is 1. The first-order valence-electron chi connectivity index (χ1n) is 5.66. The van der Waals surface area contributed by atoms with Crippen LogP contribution in [0, 0.1) is 5.92 Å². The van der Waals surface area contributed by atoms with Gasteiger partial charge < -0.3 is 10.0 Å². The maximum Gasteiger partial charge on any atom is 0.273 e. The Labute approximate surface area is 113 Å². The summed E-state index contributed by atoms with van der Waals surface area (Å²) in [6.07, 6.45) is 0. The van der Waals surface area contributed by atoms with Crippen LogP contribution in [0.2, 0.25) is 0 Å². The molecule has 2 aromatic rings. The van der Waals surface area contributed by atoms with Gasteiger partial charge in [-0.05, 0) is 11.4 Å². The zero-order valence-corrected chi connectivity index (χ0v) is 11.2. The molecule has 6 heteroatoms. The third-order valence-corrected chi connectivity index (χ3v) is 4.57. The van der Waals surface area contributed by atoms with Crippen molar-refractivity contribution in [2.45, 2.75) is 0 Å². The van der Waals surface area contributed by atoms with Crippen LogP contribution in [0.15, 0.2) is 22.2 Å². The van der Waals surface area contributed by atoms with Crippen molar-refractivity contribution in [2.75, 3.05) is 19.7 Å². The molecule has 1 N–H and O–H groups in total. The van der Waals surface area contributed by atoms with Gasteiger partial charge in [-0.3, -0.25) is 4.79 Å². The van der Waals surface area contributed by atoms with E-state index in [1.165, 1.54) is 11.3 Å². The maximum absolute atomic E-state index is 12.1. The quantitative estimate of drug-likeness (QED) is 0.934. The molecule has 0 aliphatic carbocycles. The van der Waals surface area contributed by atoms with Gasteiger partial charge in [0, 0.05) is 41.9 Å². The predicted octanol–water partition coefficient (Wildman–Crippen LogP) is 1.94. The average molecular weight is 280 g/mol. The topological polar surface area (TPSA) is 53.4 Å². The molecule has 0 bridgehead atoms. The number of hydrogen-bond acceptors (Lipinski definition) is 5. The van der Waals surface area contributed by atoms with E-state index in [0.29, 0.717) is 18.8 Å². The third kappa shape index (κ3) is 2.07. The number of hydrogen-bond donors (Lipinski definition) is 1. The van der Waals surface area contributed by atoms with E-state index in [4.69, 9.17) is 5.11 Å².